The van der Waals surface area contributed by atoms with Crippen molar-refractivity contribution in [3.8, 4) is 0 Å². The molecule has 0 aromatic heterocycles. The van der Waals surface area contributed by atoms with Crippen molar-refractivity contribution in [2.75, 3.05) is 0 Å². The van der Waals surface area contributed by atoms with Crippen LogP contribution in [0.25, 0.3) is 0 Å². The minimum absolute atomic E-state index is 0.479. The molecule has 67 valence electrons. The number of fused-ring (bicyclic) bond motifs is 2. The van der Waals surface area contributed by atoms with Gasteiger partial charge < -0.3 is 0 Å². The molecule has 3 rings (SSSR count). The zero-order valence-corrected chi connectivity index (χ0v) is 10.8. The van der Waals surface area contributed by atoms with Crippen molar-refractivity contribution in [3.63, 3.8) is 0 Å². The second kappa shape index (κ2) is 3.56. The molecule has 2 aromatic rings. The van der Waals surface area contributed by atoms with E-state index in [2.05, 4.69) is 42.5 Å². The average molecular weight is 309 g/mol. The summed E-state index contributed by atoms with van der Waals surface area (Å²) in [6.45, 7) is 0. The monoisotopic (exact) mass is 311 g/mol. The van der Waals surface area contributed by atoms with Gasteiger partial charge in [0.15, 0.2) is 0 Å². The molecule has 0 atom stereocenters. The molecule has 0 aliphatic carbocycles. The van der Waals surface area contributed by atoms with Crippen molar-refractivity contribution in [3.05, 3.63) is 48.5 Å². The Balaban J connectivity index is 2.12. The Morgan fingerprint density at radius 2 is 1.50 bits per heavy atom. The van der Waals surface area contributed by atoms with Crippen LogP contribution in [0.4, 0.5) is 0 Å². The van der Waals surface area contributed by atoms with E-state index in [9.17, 15) is 0 Å². The van der Waals surface area contributed by atoms with Crippen LogP contribution >= 0.6 is 0 Å². The normalized spacial score (nSPS) is 13.1. The Morgan fingerprint density at radius 1 is 0.786 bits per heavy atom. The molecule has 2 aromatic carbocycles. The van der Waals surface area contributed by atoms with Crippen LogP contribution < -0.4 is 17.8 Å². The molecule has 0 amide bonds. The van der Waals surface area contributed by atoms with Crippen molar-refractivity contribution in [1.29, 1.82) is 0 Å². The fraction of sp³-hybridized carbons (Fsp3) is 0. The first kappa shape index (κ1) is 8.76. The van der Waals surface area contributed by atoms with Gasteiger partial charge >= 0.3 is 96.3 Å². The van der Waals surface area contributed by atoms with E-state index >= 15 is 0 Å². The summed E-state index contributed by atoms with van der Waals surface area (Å²) in [7, 11) is 0. The SMILES string of the molecule is [c]1cccc2c1[Se]c1ccccc1[Se]2. The second-order valence-electron chi connectivity index (χ2n) is 3.01. The van der Waals surface area contributed by atoms with Crippen LogP contribution in [0.1, 0.15) is 0 Å². The van der Waals surface area contributed by atoms with Crippen molar-refractivity contribution in [1.82, 2.24) is 0 Å². The third-order valence-electron chi connectivity index (χ3n) is 2.06. The van der Waals surface area contributed by atoms with Crippen LogP contribution in [0.15, 0.2) is 42.5 Å². The minimum atomic E-state index is 0.479. The van der Waals surface area contributed by atoms with E-state index in [4.69, 9.17) is 0 Å². The number of hydrogen-bond donors (Lipinski definition) is 0. The van der Waals surface area contributed by atoms with Crippen molar-refractivity contribution >= 4 is 47.8 Å². The second-order valence-corrected chi connectivity index (χ2v) is 7.50. The summed E-state index contributed by atoms with van der Waals surface area (Å²) < 4.78 is 6.10. The van der Waals surface area contributed by atoms with Crippen molar-refractivity contribution < 1.29 is 0 Å². The Hall–Kier alpha value is -0.521. The van der Waals surface area contributed by atoms with Gasteiger partial charge in [0.25, 0.3) is 0 Å². The number of hydrogen-bond acceptors (Lipinski definition) is 0. The van der Waals surface area contributed by atoms with Crippen LogP contribution in [-0.4, -0.2) is 29.9 Å². The van der Waals surface area contributed by atoms with E-state index in [1.165, 1.54) is 8.92 Å². The molecule has 0 saturated carbocycles. The number of benzene rings is 2. The van der Waals surface area contributed by atoms with Crippen LogP contribution in [-0.2, 0) is 0 Å². The van der Waals surface area contributed by atoms with Gasteiger partial charge in [-0.2, -0.15) is 0 Å². The Morgan fingerprint density at radius 3 is 2.36 bits per heavy atom. The van der Waals surface area contributed by atoms with Gasteiger partial charge in [-0.3, -0.25) is 0 Å². The van der Waals surface area contributed by atoms with Gasteiger partial charge in [0.2, 0.25) is 0 Å². The molecule has 0 bridgehead atoms. The summed E-state index contributed by atoms with van der Waals surface area (Å²) in [5, 5.41) is 0. The molecule has 1 radical (unpaired) electrons. The molecule has 1 heterocycles. The summed E-state index contributed by atoms with van der Waals surface area (Å²) in [6, 6.07) is 18.6. The quantitative estimate of drug-likeness (QED) is 0.473. The molecular formula is C12H7Se2. The summed E-state index contributed by atoms with van der Waals surface area (Å²) in [5.41, 5.74) is 0. The van der Waals surface area contributed by atoms with Crippen LogP contribution in [0.3, 0.4) is 0 Å². The molecule has 1 aliphatic heterocycles. The first-order chi connectivity index (χ1) is 6.93. The van der Waals surface area contributed by atoms with Crippen LogP contribution in [0, 0.1) is 6.07 Å². The third-order valence-corrected chi connectivity index (χ3v) is 8.10. The Labute approximate surface area is 96.0 Å². The number of rotatable bonds is 0. The van der Waals surface area contributed by atoms with E-state index in [-0.39, 0.29) is 0 Å². The molecule has 0 spiro atoms. The molecule has 0 unspecified atom stereocenters. The maximum atomic E-state index is 3.37. The molecule has 0 N–H and O–H groups in total. The molecule has 0 saturated heterocycles. The zero-order valence-electron chi connectivity index (χ0n) is 7.36. The van der Waals surface area contributed by atoms with E-state index < -0.39 is 0 Å². The molecular weight excluding hydrogens is 302 g/mol. The van der Waals surface area contributed by atoms with E-state index in [1.807, 2.05) is 6.07 Å². The average Bonchev–Trinajstić information content (AvgIpc) is 2.26. The summed E-state index contributed by atoms with van der Waals surface area (Å²) in [5.74, 6) is 0. The van der Waals surface area contributed by atoms with E-state index in [0.717, 1.165) is 0 Å². The standard InChI is InChI=1S/C12H7Se2/c1-2-6-10-9(5-1)13-11-7-3-4-8-12(11)14-10/h1-7H. The van der Waals surface area contributed by atoms with Crippen molar-refractivity contribution in [2.45, 2.75) is 0 Å². The Bertz CT molecular complexity index is 390. The van der Waals surface area contributed by atoms with E-state index in [1.54, 1.807) is 8.92 Å². The van der Waals surface area contributed by atoms with Gasteiger partial charge in [0.05, 0.1) is 0 Å². The zero-order chi connectivity index (χ0) is 9.38. The summed E-state index contributed by atoms with van der Waals surface area (Å²) in [4.78, 5) is 0. The van der Waals surface area contributed by atoms with Gasteiger partial charge in [0.1, 0.15) is 0 Å². The van der Waals surface area contributed by atoms with Crippen molar-refractivity contribution in [2.24, 2.45) is 0 Å². The predicted molar refractivity (Wildman–Crippen MR) is 61.8 cm³/mol. The first-order valence-electron chi connectivity index (χ1n) is 4.39. The Kier molecular flexibility index (Phi) is 2.23. The fourth-order valence-corrected chi connectivity index (χ4v) is 6.76. The summed E-state index contributed by atoms with van der Waals surface area (Å²) >= 11 is 0.983. The van der Waals surface area contributed by atoms with E-state index in [0.29, 0.717) is 29.9 Å². The first-order valence-corrected chi connectivity index (χ1v) is 7.81. The molecule has 1 aliphatic rings. The van der Waals surface area contributed by atoms with Crippen LogP contribution in [0.5, 0.6) is 0 Å². The summed E-state index contributed by atoms with van der Waals surface area (Å²) in [6.07, 6.45) is 0. The third kappa shape index (κ3) is 1.45. The molecule has 2 heteroatoms. The molecule has 0 fully saturated rings. The molecule has 14 heavy (non-hydrogen) atoms. The fourth-order valence-electron chi connectivity index (χ4n) is 1.41. The van der Waals surface area contributed by atoms with Gasteiger partial charge in [0, 0.05) is 0 Å². The van der Waals surface area contributed by atoms with Gasteiger partial charge in [-0.05, 0) is 0 Å². The van der Waals surface area contributed by atoms with Crippen LogP contribution in [0.2, 0.25) is 0 Å². The van der Waals surface area contributed by atoms with Gasteiger partial charge in [-0.1, -0.05) is 0 Å². The maximum absolute atomic E-state index is 3.37. The predicted octanol–water partition coefficient (Wildman–Crippen LogP) is -0.890. The van der Waals surface area contributed by atoms with Gasteiger partial charge in [-0.25, -0.2) is 0 Å². The molecule has 0 nitrogen and oxygen atoms in total. The van der Waals surface area contributed by atoms with Gasteiger partial charge in [-0.15, -0.1) is 0 Å². The topological polar surface area (TPSA) is 0 Å².